The van der Waals surface area contributed by atoms with Gasteiger partial charge in [-0.3, -0.25) is 0 Å². The molecule has 16 heavy (non-hydrogen) atoms. The zero-order valence-electron chi connectivity index (χ0n) is 8.97. The Morgan fingerprint density at radius 2 is 2.25 bits per heavy atom. The van der Waals surface area contributed by atoms with Crippen LogP contribution in [0.25, 0.3) is 0 Å². The summed E-state index contributed by atoms with van der Waals surface area (Å²) in [5.41, 5.74) is 0. The van der Waals surface area contributed by atoms with Crippen LogP contribution in [0.3, 0.4) is 0 Å². The normalized spacial score (nSPS) is 11.9. The first-order valence-corrected chi connectivity index (χ1v) is 6.26. The van der Waals surface area contributed by atoms with E-state index >= 15 is 0 Å². The van der Waals surface area contributed by atoms with Crippen LogP contribution in [0.2, 0.25) is 0 Å². The maximum absolute atomic E-state index is 11.6. The van der Waals surface area contributed by atoms with E-state index in [1.165, 1.54) is 12.1 Å². The lowest BCUT2D eigenvalue weighted by Crippen LogP contribution is -2.25. The van der Waals surface area contributed by atoms with Gasteiger partial charge in [0.25, 0.3) is 10.0 Å². The predicted molar refractivity (Wildman–Crippen MR) is 56.3 cm³/mol. The first-order valence-electron chi connectivity index (χ1n) is 4.78. The minimum Gasteiger partial charge on any atom is -0.446 e. The van der Waals surface area contributed by atoms with Crippen molar-refractivity contribution in [3.8, 4) is 0 Å². The Morgan fingerprint density at radius 1 is 1.50 bits per heavy atom. The molecule has 1 rings (SSSR count). The van der Waals surface area contributed by atoms with Gasteiger partial charge in [0.15, 0.2) is 0 Å². The quantitative estimate of drug-likeness (QED) is 0.668. The Hall–Kier alpha value is -0.890. The Morgan fingerprint density at radius 3 is 2.81 bits per heavy atom. The van der Waals surface area contributed by atoms with Gasteiger partial charge < -0.3 is 14.3 Å². The van der Waals surface area contributed by atoms with Crippen molar-refractivity contribution < 1.29 is 22.7 Å². The summed E-state index contributed by atoms with van der Waals surface area (Å²) in [6.45, 7) is 0.451. The molecule has 0 atom stereocenters. The van der Waals surface area contributed by atoms with Crippen LogP contribution in [0.1, 0.15) is 12.2 Å². The molecular formula is C9H15NO5S. The summed E-state index contributed by atoms with van der Waals surface area (Å²) in [6, 6.07) is 2.73. The second kappa shape index (κ2) is 6.00. The molecule has 0 aliphatic rings. The van der Waals surface area contributed by atoms with Crippen molar-refractivity contribution in [1.29, 1.82) is 0 Å². The van der Waals surface area contributed by atoms with Crippen LogP contribution in [0.5, 0.6) is 0 Å². The fourth-order valence-corrected chi connectivity index (χ4v) is 2.10. The second-order valence-corrected chi connectivity index (χ2v) is 4.82. The third-order valence-corrected chi connectivity index (χ3v) is 3.21. The highest BCUT2D eigenvalue weighted by molar-refractivity contribution is 7.89. The zero-order valence-corrected chi connectivity index (χ0v) is 9.79. The number of aliphatic hydroxyl groups is 1. The molecule has 7 heteroatoms. The van der Waals surface area contributed by atoms with E-state index in [2.05, 4.69) is 4.72 Å². The van der Waals surface area contributed by atoms with Crippen molar-refractivity contribution >= 4 is 10.0 Å². The Kier molecular flexibility index (Phi) is 4.94. The minimum atomic E-state index is -3.61. The highest BCUT2D eigenvalue weighted by atomic mass is 32.2. The molecule has 0 unspecified atom stereocenters. The van der Waals surface area contributed by atoms with Gasteiger partial charge in [0, 0.05) is 20.3 Å². The molecule has 0 radical (unpaired) electrons. The van der Waals surface area contributed by atoms with Gasteiger partial charge in [-0.25, -0.2) is 13.1 Å². The molecule has 0 bridgehead atoms. The Labute approximate surface area is 94.3 Å². The number of hydrogen-bond donors (Lipinski definition) is 2. The van der Waals surface area contributed by atoms with Gasteiger partial charge in [0.05, 0.1) is 0 Å². The van der Waals surface area contributed by atoms with Crippen LogP contribution in [-0.4, -0.2) is 33.8 Å². The van der Waals surface area contributed by atoms with Gasteiger partial charge in [-0.15, -0.1) is 0 Å². The van der Waals surface area contributed by atoms with Crippen molar-refractivity contribution in [3.63, 3.8) is 0 Å². The number of ether oxygens (including phenoxy) is 1. The molecule has 0 amide bonds. The van der Waals surface area contributed by atoms with Crippen molar-refractivity contribution in [3.05, 3.63) is 17.9 Å². The lowest BCUT2D eigenvalue weighted by atomic mass is 10.5. The van der Waals surface area contributed by atoms with Crippen molar-refractivity contribution in [2.45, 2.75) is 18.1 Å². The summed E-state index contributed by atoms with van der Waals surface area (Å²) >= 11 is 0. The number of rotatable bonds is 7. The summed E-state index contributed by atoms with van der Waals surface area (Å²) in [5, 5.41) is 8.55. The zero-order chi connectivity index (χ0) is 12.0. The SMILES string of the molecule is COCCCNS(=O)(=O)c1ccc(CO)o1. The van der Waals surface area contributed by atoms with E-state index in [-0.39, 0.29) is 24.0 Å². The molecule has 0 aromatic carbocycles. The fraction of sp³-hybridized carbons (Fsp3) is 0.556. The average Bonchev–Trinajstić information content (AvgIpc) is 2.73. The molecule has 0 saturated heterocycles. The third-order valence-electron chi connectivity index (χ3n) is 1.88. The monoisotopic (exact) mass is 249 g/mol. The lowest BCUT2D eigenvalue weighted by molar-refractivity contribution is 0.196. The summed E-state index contributed by atoms with van der Waals surface area (Å²) in [4.78, 5) is 0. The summed E-state index contributed by atoms with van der Waals surface area (Å²) in [5.74, 6) is 0.220. The lowest BCUT2D eigenvalue weighted by Gasteiger charge is -2.03. The molecular weight excluding hydrogens is 234 g/mol. The van der Waals surface area contributed by atoms with Crippen LogP contribution in [0.15, 0.2) is 21.6 Å². The fourth-order valence-electron chi connectivity index (χ4n) is 1.08. The molecule has 0 saturated carbocycles. The van der Waals surface area contributed by atoms with Gasteiger partial charge in [-0.2, -0.15) is 0 Å². The Bertz CT molecular complexity index is 411. The van der Waals surface area contributed by atoms with Crippen molar-refractivity contribution in [2.24, 2.45) is 0 Å². The summed E-state index contributed by atoms with van der Waals surface area (Å²) < 4.78 is 35.3. The van der Waals surface area contributed by atoms with E-state index in [1.54, 1.807) is 7.11 Å². The minimum absolute atomic E-state index is 0.186. The highest BCUT2D eigenvalue weighted by Crippen LogP contribution is 2.13. The molecule has 0 fully saturated rings. The summed E-state index contributed by atoms with van der Waals surface area (Å²) in [6.07, 6.45) is 0.587. The molecule has 0 spiro atoms. The second-order valence-electron chi connectivity index (χ2n) is 3.12. The van der Waals surface area contributed by atoms with Crippen LogP contribution in [0.4, 0.5) is 0 Å². The van der Waals surface area contributed by atoms with E-state index in [0.717, 1.165) is 0 Å². The van der Waals surface area contributed by atoms with Crippen LogP contribution >= 0.6 is 0 Å². The molecule has 1 aromatic heterocycles. The number of nitrogens with one attached hydrogen (secondary N) is 1. The molecule has 2 N–H and O–H groups in total. The van der Waals surface area contributed by atoms with Crippen LogP contribution < -0.4 is 4.72 Å². The van der Waals surface area contributed by atoms with Crippen LogP contribution in [-0.2, 0) is 21.4 Å². The number of hydrogen-bond acceptors (Lipinski definition) is 5. The predicted octanol–water partition coefficient (Wildman–Crippen LogP) is 0.0867. The molecule has 1 heterocycles. The van der Waals surface area contributed by atoms with Gasteiger partial charge in [0.1, 0.15) is 12.4 Å². The average molecular weight is 249 g/mol. The van der Waals surface area contributed by atoms with Crippen LogP contribution in [0, 0.1) is 0 Å². The maximum atomic E-state index is 11.6. The van der Waals surface area contributed by atoms with E-state index in [9.17, 15) is 8.42 Å². The Balaban J connectivity index is 2.56. The van der Waals surface area contributed by atoms with Crippen molar-refractivity contribution in [1.82, 2.24) is 4.72 Å². The van der Waals surface area contributed by atoms with Gasteiger partial charge >= 0.3 is 0 Å². The molecule has 0 aliphatic heterocycles. The van der Waals surface area contributed by atoms with Crippen molar-refractivity contribution in [2.75, 3.05) is 20.3 Å². The smallest absolute Gasteiger partial charge is 0.273 e. The van der Waals surface area contributed by atoms with Gasteiger partial charge in [-0.1, -0.05) is 0 Å². The van der Waals surface area contributed by atoms with E-state index < -0.39 is 10.0 Å². The maximum Gasteiger partial charge on any atom is 0.273 e. The molecule has 6 nitrogen and oxygen atoms in total. The largest absolute Gasteiger partial charge is 0.446 e. The van der Waals surface area contributed by atoms with E-state index in [0.29, 0.717) is 13.0 Å². The van der Waals surface area contributed by atoms with Gasteiger partial charge in [-0.05, 0) is 18.6 Å². The number of aliphatic hydroxyl groups excluding tert-OH is 1. The first-order chi connectivity index (χ1) is 7.60. The standard InChI is InChI=1S/C9H15NO5S/c1-14-6-2-5-10-16(12,13)9-4-3-8(7-11)15-9/h3-4,10-11H,2,5-7H2,1H3. The van der Waals surface area contributed by atoms with E-state index in [4.69, 9.17) is 14.3 Å². The highest BCUT2D eigenvalue weighted by Gasteiger charge is 2.17. The molecule has 0 aliphatic carbocycles. The number of furan rings is 1. The third kappa shape index (κ3) is 3.60. The topological polar surface area (TPSA) is 88.8 Å². The first kappa shape index (κ1) is 13.2. The molecule has 92 valence electrons. The summed E-state index contributed by atoms with van der Waals surface area (Å²) in [7, 11) is -2.06. The van der Waals surface area contributed by atoms with Gasteiger partial charge in [0.2, 0.25) is 5.09 Å². The number of sulfonamides is 1. The number of methoxy groups -OCH3 is 1. The van der Waals surface area contributed by atoms with E-state index in [1.807, 2.05) is 0 Å². The molecule has 1 aromatic rings.